The van der Waals surface area contributed by atoms with Gasteiger partial charge in [0.2, 0.25) is 0 Å². The van der Waals surface area contributed by atoms with Crippen molar-refractivity contribution in [3.63, 3.8) is 0 Å². The van der Waals surface area contributed by atoms with E-state index >= 15 is 0 Å². The SMILES string of the molecule is [2H]C1([2H])CN(C[C@@H](O)CC2C(n3nccc(C)c3=O)CCCN2C(N)=O)C([2H])([2H])c2ccccc21. The highest BCUT2D eigenvalue weighted by molar-refractivity contribution is 5.72. The van der Waals surface area contributed by atoms with Crippen LogP contribution in [-0.2, 0) is 12.9 Å². The normalized spacial score (nSPS) is 27.9. The first-order valence-electron chi connectivity index (χ1n) is 12.6. The highest BCUT2D eigenvalue weighted by atomic mass is 16.3. The fourth-order valence-electron chi connectivity index (χ4n) is 4.48. The van der Waals surface area contributed by atoms with Crippen LogP contribution in [0.25, 0.3) is 0 Å². The number of aromatic nitrogens is 2. The van der Waals surface area contributed by atoms with E-state index in [1.54, 1.807) is 37.3 Å². The van der Waals surface area contributed by atoms with Gasteiger partial charge < -0.3 is 15.7 Å². The van der Waals surface area contributed by atoms with E-state index in [2.05, 4.69) is 5.10 Å². The van der Waals surface area contributed by atoms with Crippen molar-refractivity contribution < 1.29 is 15.4 Å². The van der Waals surface area contributed by atoms with E-state index in [-0.39, 0.29) is 30.6 Å². The van der Waals surface area contributed by atoms with Crippen LogP contribution in [0.3, 0.4) is 0 Å². The molecule has 0 bridgehead atoms. The van der Waals surface area contributed by atoms with Gasteiger partial charge in [0.25, 0.3) is 5.56 Å². The van der Waals surface area contributed by atoms with Crippen molar-refractivity contribution in [2.75, 3.05) is 19.6 Å². The fraction of sp³-hybridized carbons (Fsp3) is 0.522. The molecule has 8 nitrogen and oxygen atoms in total. The summed E-state index contributed by atoms with van der Waals surface area (Å²) in [5.74, 6) is 0. The van der Waals surface area contributed by atoms with E-state index < -0.39 is 37.1 Å². The zero-order chi connectivity index (χ0) is 25.5. The van der Waals surface area contributed by atoms with Gasteiger partial charge in [-0.15, -0.1) is 0 Å². The number of fused-ring (bicyclic) bond motifs is 1. The largest absolute Gasteiger partial charge is 0.392 e. The van der Waals surface area contributed by atoms with E-state index in [1.807, 2.05) is 0 Å². The maximum atomic E-state index is 12.8. The number of aliphatic hydroxyl groups excluding tert-OH is 1. The highest BCUT2D eigenvalue weighted by Gasteiger charge is 2.37. The molecule has 0 radical (unpaired) electrons. The number of hydrogen-bond donors (Lipinski definition) is 2. The average molecular weight is 430 g/mol. The molecule has 2 aliphatic heterocycles. The molecule has 2 aromatic rings. The molecular weight excluding hydrogens is 394 g/mol. The van der Waals surface area contributed by atoms with Crippen molar-refractivity contribution in [1.29, 1.82) is 0 Å². The minimum Gasteiger partial charge on any atom is -0.392 e. The number of carbonyl (C=O) groups excluding carboxylic acids is 1. The molecule has 1 aromatic carbocycles. The third-order valence-corrected chi connectivity index (χ3v) is 6.01. The smallest absolute Gasteiger partial charge is 0.315 e. The molecule has 4 rings (SSSR count). The summed E-state index contributed by atoms with van der Waals surface area (Å²) in [4.78, 5) is 27.7. The molecule has 1 saturated heterocycles. The van der Waals surface area contributed by atoms with E-state index in [1.165, 1.54) is 20.7 Å². The summed E-state index contributed by atoms with van der Waals surface area (Å²) in [6.45, 7) is -0.325. The number of urea groups is 1. The topological polar surface area (TPSA) is 105 Å². The lowest BCUT2D eigenvalue weighted by atomic mass is 9.91. The molecule has 1 fully saturated rings. The molecule has 166 valence electrons. The first-order valence-corrected chi connectivity index (χ1v) is 10.6. The monoisotopic (exact) mass is 429 g/mol. The van der Waals surface area contributed by atoms with Crippen molar-refractivity contribution in [2.24, 2.45) is 5.73 Å². The van der Waals surface area contributed by atoms with Gasteiger partial charge in [-0.2, -0.15) is 5.10 Å². The van der Waals surface area contributed by atoms with Crippen molar-refractivity contribution in [3.8, 4) is 0 Å². The number of piperidine rings is 1. The molecule has 3 heterocycles. The number of amides is 2. The van der Waals surface area contributed by atoms with Crippen LogP contribution in [0.2, 0.25) is 0 Å². The summed E-state index contributed by atoms with van der Waals surface area (Å²) in [6, 6.07) is 6.33. The summed E-state index contributed by atoms with van der Waals surface area (Å²) in [6.07, 6.45) is -0.166. The van der Waals surface area contributed by atoms with Gasteiger partial charge in [0.15, 0.2) is 0 Å². The predicted octanol–water partition coefficient (Wildman–Crippen LogP) is 1.45. The number of benzene rings is 1. The van der Waals surface area contributed by atoms with E-state index in [4.69, 9.17) is 11.2 Å². The minimum absolute atomic E-state index is 0.0346. The Morgan fingerprint density at radius 3 is 2.87 bits per heavy atom. The first kappa shape index (κ1) is 16.9. The zero-order valence-electron chi connectivity index (χ0n) is 21.6. The van der Waals surface area contributed by atoms with Crippen LogP contribution in [0.15, 0.2) is 41.3 Å². The van der Waals surface area contributed by atoms with E-state index in [0.29, 0.717) is 30.5 Å². The van der Waals surface area contributed by atoms with Crippen LogP contribution in [0, 0.1) is 6.92 Å². The van der Waals surface area contributed by atoms with Crippen molar-refractivity contribution in [1.82, 2.24) is 19.6 Å². The lowest BCUT2D eigenvalue weighted by Gasteiger charge is -2.42. The number of hydrogen-bond acceptors (Lipinski definition) is 5. The van der Waals surface area contributed by atoms with Gasteiger partial charge in [0.1, 0.15) is 0 Å². The molecule has 0 aliphatic carbocycles. The summed E-state index contributed by atoms with van der Waals surface area (Å²) >= 11 is 0. The number of carbonyl (C=O) groups is 1. The molecule has 1 aromatic heterocycles. The molecule has 8 heteroatoms. The third kappa shape index (κ3) is 4.65. The maximum absolute atomic E-state index is 12.8. The Balaban J connectivity index is 1.60. The van der Waals surface area contributed by atoms with Crippen molar-refractivity contribution in [3.05, 3.63) is 63.6 Å². The molecule has 2 unspecified atom stereocenters. The Kier molecular flexibility index (Phi) is 5.02. The fourth-order valence-corrected chi connectivity index (χ4v) is 4.48. The molecule has 2 amide bonds. The molecule has 3 N–H and O–H groups in total. The first-order chi connectivity index (χ1) is 16.4. The Labute approximate surface area is 187 Å². The molecule has 31 heavy (non-hydrogen) atoms. The molecule has 0 saturated carbocycles. The standard InChI is InChI=1S/C23H31N5O3/c1-16-8-10-25-28(22(16)30)20-7-4-11-27(23(24)31)21(20)13-19(29)15-26-12-9-17-5-2-3-6-18(17)14-26/h2-3,5-6,8,10,19-21,29H,4,7,9,11-15H2,1H3,(H2,24,31)/t19-,20?,21?/m0/s1/i9D2,14D2. The Morgan fingerprint density at radius 1 is 1.32 bits per heavy atom. The van der Waals surface area contributed by atoms with Gasteiger partial charge in [-0.05, 0) is 49.8 Å². The van der Waals surface area contributed by atoms with Crippen molar-refractivity contribution >= 4 is 6.03 Å². The maximum Gasteiger partial charge on any atom is 0.315 e. The second-order valence-electron chi connectivity index (χ2n) is 8.18. The van der Waals surface area contributed by atoms with Gasteiger partial charge in [-0.1, -0.05) is 24.3 Å². The minimum atomic E-state index is -1.99. The van der Waals surface area contributed by atoms with Crippen LogP contribution in [-0.4, -0.2) is 62.5 Å². The van der Waals surface area contributed by atoms with Crippen LogP contribution < -0.4 is 11.3 Å². The Hall–Kier alpha value is -2.71. The number of β-amino-alcohol motifs (C(OH)–C–C–N with tert-alkyl or cyclic N) is 1. The van der Waals surface area contributed by atoms with Gasteiger partial charge in [-0.25, -0.2) is 9.48 Å². The van der Waals surface area contributed by atoms with Crippen LogP contribution in [0.5, 0.6) is 0 Å². The number of nitrogens with two attached hydrogens (primary N) is 1. The van der Waals surface area contributed by atoms with Gasteiger partial charge in [0.05, 0.1) is 18.2 Å². The summed E-state index contributed by atoms with van der Waals surface area (Å²) < 4.78 is 35.6. The molecule has 2 aliphatic rings. The Morgan fingerprint density at radius 2 is 2.10 bits per heavy atom. The number of aliphatic hydroxyl groups is 1. The second-order valence-corrected chi connectivity index (χ2v) is 8.18. The van der Waals surface area contributed by atoms with Crippen molar-refractivity contribution in [2.45, 2.75) is 57.2 Å². The predicted molar refractivity (Wildman–Crippen MR) is 118 cm³/mol. The second kappa shape index (κ2) is 9.20. The summed E-state index contributed by atoms with van der Waals surface area (Å²) in [7, 11) is 0. The van der Waals surface area contributed by atoms with Crippen LogP contribution in [0.1, 0.15) is 47.5 Å². The van der Waals surface area contributed by atoms with E-state index in [0.717, 1.165) is 0 Å². The van der Waals surface area contributed by atoms with Gasteiger partial charge in [0, 0.05) is 43.4 Å². The third-order valence-electron chi connectivity index (χ3n) is 6.01. The molecular formula is C23H31N5O3. The molecule has 3 atom stereocenters. The number of rotatable bonds is 5. The summed E-state index contributed by atoms with van der Waals surface area (Å²) in [5, 5.41) is 15.3. The van der Waals surface area contributed by atoms with Crippen LogP contribution in [0.4, 0.5) is 4.79 Å². The van der Waals surface area contributed by atoms with E-state index in [9.17, 15) is 14.7 Å². The average Bonchev–Trinajstić information content (AvgIpc) is 2.79. The number of aryl methyl sites for hydroxylation is 1. The summed E-state index contributed by atoms with van der Waals surface area (Å²) in [5.41, 5.74) is 6.40. The number of primary amides is 1. The van der Waals surface area contributed by atoms with Crippen LogP contribution >= 0.6 is 0 Å². The quantitative estimate of drug-likeness (QED) is 0.748. The number of nitrogens with zero attached hydrogens (tertiary/aromatic N) is 4. The zero-order valence-corrected chi connectivity index (χ0v) is 17.6. The lowest BCUT2D eigenvalue weighted by Crippen LogP contribution is -2.54. The van der Waals surface area contributed by atoms with Gasteiger partial charge in [-0.3, -0.25) is 9.69 Å². The number of likely N-dealkylation sites (tertiary alicyclic amines) is 1. The lowest BCUT2D eigenvalue weighted by molar-refractivity contribution is 0.0427. The Bertz CT molecular complexity index is 1160. The van der Waals surface area contributed by atoms with Gasteiger partial charge >= 0.3 is 6.03 Å². The highest BCUT2D eigenvalue weighted by Crippen LogP contribution is 2.30. The molecule has 0 spiro atoms.